The number of hydrogen-bond acceptors (Lipinski definition) is 4. The lowest BCUT2D eigenvalue weighted by Gasteiger charge is -2.22. The second-order valence-corrected chi connectivity index (χ2v) is 7.73. The van der Waals surface area contributed by atoms with Gasteiger partial charge >= 0.3 is 5.97 Å². The van der Waals surface area contributed by atoms with Gasteiger partial charge < -0.3 is 10.0 Å². The van der Waals surface area contributed by atoms with Crippen LogP contribution >= 0.6 is 11.6 Å². The van der Waals surface area contributed by atoms with Gasteiger partial charge in [-0.2, -0.15) is 0 Å². The molecule has 1 N–H and O–H groups in total. The second-order valence-electron chi connectivity index (χ2n) is 5.04. The van der Waals surface area contributed by atoms with E-state index in [1.807, 2.05) is 0 Å². The standard InChI is InChI=1S/C14H16ClNO5S/c1-2-22(20,21)9-5-6-11(15)10(8-9)13(17)16-7-3-4-12(16)14(18)19/h5-6,8,12H,2-4,7H2,1H3,(H,18,19). The smallest absolute Gasteiger partial charge is 0.326 e. The van der Waals surface area contributed by atoms with Crippen molar-refractivity contribution in [2.75, 3.05) is 12.3 Å². The van der Waals surface area contributed by atoms with Gasteiger partial charge in [-0.3, -0.25) is 4.79 Å². The number of aliphatic carboxylic acids is 1. The molecule has 1 aliphatic rings. The molecule has 2 rings (SSSR count). The zero-order valence-corrected chi connectivity index (χ0v) is 13.5. The lowest BCUT2D eigenvalue weighted by atomic mass is 10.1. The van der Waals surface area contributed by atoms with Gasteiger partial charge in [0.1, 0.15) is 6.04 Å². The predicted molar refractivity (Wildman–Crippen MR) is 80.9 cm³/mol. The van der Waals surface area contributed by atoms with E-state index < -0.39 is 27.8 Å². The van der Waals surface area contributed by atoms with E-state index in [2.05, 4.69) is 0 Å². The molecule has 1 heterocycles. The van der Waals surface area contributed by atoms with Crippen molar-refractivity contribution < 1.29 is 23.1 Å². The summed E-state index contributed by atoms with van der Waals surface area (Å²) in [5.41, 5.74) is 0.0179. The van der Waals surface area contributed by atoms with Crippen LogP contribution in [0.4, 0.5) is 0 Å². The molecule has 8 heteroatoms. The summed E-state index contributed by atoms with van der Waals surface area (Å²) in [6, 6.07) is 3.02. The summed E-state index contributed by atoms with van der Waals surface area (Å²) < 4.78 is 23.8. The number of benzene rings is 1. The minimum Gasteiger partial charge on any atom is -0.480 e. The molecule has 0 bridgehead atoms. The molecule has 1 fully saturated rings. The molecule has 1 aromatic carbocycles. The van der Waals surface area contributed by atoms with Gasteiger partial charge in [0, 0.05) is 6.54 Å². The summed E-state index contributed by atoms with van der Waals surface area (Å²) in [6.07, 6.45) is 0.971. The van der Waals surface area contributed by atoms with E-state index >= 15 is 0 Å². The van der Waals surface area contributed by atoms with Gasteiger partial charge in [0.15, 0.2) is 9.84 Å². The fourth-order valence-corrected chi connectivity index (χ4v) is 3.55. The number of nitrogens with zero attached hydrogens (tertiary/aromatic N) is 1. The van der Waals surface area contributed by atoms with Crippen LogP contribution in [0.2, 0.25) is 5.02 Å². The Morgan fingerprint density at radius 2 is 2.09 bits per heavy atom. The number of carboxylic acid groups (broad SMARTS) is 1. The SMILES string of the molecule is CCS(=O)(=O)c1ccc(Cl)c(C(=O)N2CCCC2C(=O)O)c1. The third-order valence-corrected chi connectivity index (χ3v) is 5.77. The van der Waals surface area contributed by atoms with E-state index in [4.69, 9.17) is 16.7 Å². The molecule has 0 radical (unpaired) electrons. The molecule has 6 nitrogen and oxygen atoms in total. The molecule has 0 aliphatic carbocycles. The number of carbonyl (C=O) groups excluding carboxylic acids is 1. The van der Waals surface area contributed by atoms with Crippen LogP contribution in [0.3, 0.4) is 0 Å². The Bertz CT molecular complexity index is 716. The van der Waals surface area contributed by atoms with Crippen molar-refractivity contribution in [1.29, 1.82) is 0 Å². The van der Waals surface area contributed by atoms with Crippen molar-refractivity contribution in [3.63, 3.8) is 0 Å². The Kier molecular flexibility index (Phi) is 4.77. The van der Waals surface area contributed by atoms with E-state index in [0.717, 1.165) is 0 Å². The number of halogens is 1. The van der Waals surface area contributed by atoms with Crippen LogP contribution < -0.4 is 0 Å². The molecule has 0 spiro atoms. The van der Waals surface area contributed by atoms with Gasteiger partial charge in [-0.05, 0) is 31.0 Å². The van der Waals surface area contributed by atoms with Crippen LogP contribution in [-0.4, -0.2) is 48.6 Å². The van der Waals surface area contributed by atoms with Crippen molar-refractivity contribution in [1.82, 2.24) is 4.90 Å². The molecular formula is C14H16ClNO5S. The molecule has 1 atom stereocenters. The molecule has 1 amide bonds. The van der Waals surface area contributed by atoms with E-state index in [0.29, 0.717) is 19.4 Å². The molecule has 1 saturated heterocycles. The van der Waals surface area contributed by atoms with Gasteiger partial charge in [0.25, 0.3) is 5.91 Å². The molecule has 0 saturated carbocycles. The van der Waals surface area contributed by atoms with Gasteiger partial charge in [-0.1, -0.05) is 18.5 Å². The maximum atomic E-state index is 12.5. The summed E-state index contributed by atoms with van der Waals surface area (Å²) in [5, 5.41) is 9.26. The van der Waals surface area contributed by atoms with Crippen molar-refractivity contribution in [2.45, 2.75) is 30.7 Å². The van der Waals surface area contributed by atoms with Gasteiger partial charge in [-0.25, -0.2) is 13.2 Å². The molecule has 22 heavy (non-hydrogen) atoms. The zero-order valence-electron chi connectivity index (χ0n) is 12.0. The lowest BCUT2D eigenvalue weighted by molar-refractivity contribution is -0.141. The average molecular weight is 346 g/mol. The van der Waals surface area contributed by atoms with E-state index in [9.17, 15) is 18.0 Å². The van der Waals surface area contributed by atoms with Crippen LogP contribution in [0, 0.1) is 0 Å². The van der Waals surface area contributed by atoms with Crippen LogP contribution in [0.25, 0.3) is 0 Å². The third kappa shape index (κ3) is 3.10. The second kappa shape index (κ2) is 6.26. The topological polar surface area (TPSA) is 91.8 Å². The average Bonchev–Trinajstić information content (AvgIpc) is 2.96. The number of sulfone groups is 1. The highest BCUT2D eigenvalue weighted by atomic mass is 35.5. The fraction of sp³-hybridized carbons (Fsp3) is 0.429. The summed E-state index contributed by atoms with van der Waals surface area (Å²) in [6.45, 7) is 1.82. The van der Waals surface area contributed by atoms with E-state index in [1.54, 1.807) is 0 Å². The maximum Gasteiger partial charge on any atom is 0.326 e. The van der Waals surface area contributed by atoms with Crippen LogP contribution in [0.1, 0.15) is 30.1 Å². The van der Waals surface area contributed by atoms with Crippen LogP contribution in [0.15, 0.2) is 23.1 Å². The first kappa shape index (κ1) is 16.8. The summed E-state index contributed by atoms with van der Waals surface area (Å²) in [5.74, 6) is -1.72. The lowest BCUT2D eigenvalue weighted by Crippen LogP contribution is -2.40. The van der Waals surface area contributed by atoms with Crippen molar-refractivity contribution in [2.24, 2.45) is 0 Å². The summed E-state index contributed by atoms with van der Waals surface area (Å²) >= 11 is 6.00. The highest BCUT2D eigenvalue weighted by Gasteiger charge is 2.35. The minimum absolute atomic E-state index is 0.00817. The number of carboxylic acids is 1. The number of carbonyl (C=O) groups is 2. The van der Waals surface area contributed by atoms with Gasteiger partial charge in [0.2, 0.25) is 0 Å². The molecule has 1 aromatic rings. The fourth-order valence-electron chi connectivity index (χ4n) is 2.45. The normalized spacial score (nSPS) is 18.5. The summed E-state index contributed by atoms with van der Waals surface area (Å²) in [4.78, 5) is 25.0. The van der Waals surface area contributed by atoms with E-state index in [-0.39, 0.29) is 21.2 Å². The number of likely N-dealkylation sites (tertiary alicyclic amines) is 1. The summed E-state index contributed by atoms with van der Waals surface area (Å²) in [7, 11) is -3.47. The first-order valence-electron chi connectivity index (χ1n) is 6.84. The molecular weight excluding hydrogens is 330 g/mol. The van der Waals surface area contributed by atoms with Crippen molar-refractivity contribution >= 4 is 33.3 Å². The predicted octanol–water partition coefficient (Wildman–Crippen LogP) is 1.82. The monoisotopic (exact) mass is 345 g/mol. The first-order valence-corrected chi connectivity index (χ1v) is 8.87. The largest absolute Gasteiger partial charge is 0.480 e. The Morgan fingerprint density at radius 3 is 2.68 bits per heavy atom. The molecule has 0 aromatic heterocycles. The molecule has 1 unspecified atom stereocenters. The molecule has 1 aliphatic heterocycles. The van der Waals surface area contributed by atoms with Crippen molar-refractivity contribution in [3.8, 4) is 0 Å². The Hall–Kier alpha value is -1.60. The van der Waals surface area contributed by atoms with Gasteiger partial charge in [-0.15, -0.1) is 0 Å². The van der Waals surface area contributed by atoms with Gasteiger partial charge in [0.05, 0.1) is 21.2 Å². The van der Waals surface area contributed by atoms with E-state index in [1.165, 1.54) is 30.0 Å². The van der Waals surface area contributed by atoms with Crippen molar-refractivity contribution in [3.05, 3.63) is 28.8 Å². The first-order chi connectivity index (χ1) is 10.3. The van der Waals surface area contributed by atoms with Crippen LogP contribution in [-0.2, 0) is 14.6 Å². The Balaban J connectivity index is 2.42. The Morgan fingerprint density at radius 1 is 1.41 bits per heavy atom. The minimum atomic E-state index is -3.47. The number of amides is 1. The Labute approximate surface area is 133 Å². The quantitative estimate of drug-likeness (QED) is 0.898. The number of rotatable bonds is 4. The number of hydrogen-bond donors (Lipinski definition) is 1. The maximum absolute atomic E-state index is 12.5. The zero-order chi connectivity index (χ0) is 16.5. The molecule has 120 valence electrons. The van der Waals surface area contributed by atoms with Crippen LogP contribution in [0.5, 0.6) is 0 Å². The highest BCUT2D eigenvalue weighted by Crippen LogP contribution is 2.26. The third-order valence-electron chi connectivity index (χ3n) is 3.71. The highest BCUT2D eigenvalue weighted by molar-refractivity contribution is 7.91.